The molecule has 0 aromatic carbocycles. The van der Waals surface area contributed by atoms with Gasteiger partial charge in [-0.25, -0.2) is 0 Å². The van der Waals surface area contributed by atoms with Gasteiger partial charge < -0.3 is 5.11 Å². The van der Waals surface area contributed by atoms with Gasteiger partial charge >= 0.3 is 5.97 Å². The maximum absolute atomic E-state index is 10.3. The standard InChI is InChI=1S/C7H10N2O2/c1-4-5(2)8-9-6(4)3-7(10)11/h3H2,1-2H3,(H,8,9)(H,10,11). The summed E-state index contributed by atoms with van der Waals surface area (Å²) < 4.78 is 0. The van der Waals surface area contributed by atoms with Crippen molar-refractivity contribution in [1.29, 1.82) is 0 Å². The summed E-state index contributed by atoms with van der Waals surface area (Å²) in [5.41, 5.74) is 2.49. The molecule has 0 atom stereocenters. The van der Waals surface area contributed by atoms with Gasteiger partial charge in [0.15, 0.2) is 0 Å². The molecule has 4 nitrogen and oxygen atoms in total. The first-order valence-electron chi connectivity index (χ1n) is 3.33. The predicted octanol–water partition coefficient (Wildman–Crippen LogP) is 0.654. The average molecular weight is 154 g/mol. The number of aryl methyl sites for hydroxylation is 1. The van der Waals surface area contributed by atoms with E-state index in [0.717, 1.165) is 11.3 Å². The fourth-order valence-corrected chi connectivity index (χ4v) is 0.851. The van der Waals surface area contributed by atoms with Gasteiger partial charge in [0, 0.05) is 5.69 Å². The summed E-state index contributed by atoms with van der Waals surface area (Å²) in [6.07, 6.45) is -0.00380. The Morgan fingerprint density at radius 2 is 2.27 bits per heavy atom. The van der Waals surface area contributed by atoms with Crippen LogP contribution in [0.5, 0.6) is 0 Å². The lowest BCUT2D eigenvalue weighted by molar-refractivity contribution is -0.136. The fourth-order valence-electron chi connectivity index (χ4n) is 0.851. The van der Waals surface area contributed by atoms with Crippen molar-refractivity contribution in [2.75, 3.05) is 0 Å². The molecule has 0 aliphatic rings. The molecule has 1 aromatic heterocycles. The molecule has 11 heavy (non-hydrogen) atoms. The van der Waals surface area contributed by atoms with Gasteiger partial charge in [0.1, 0.15) is 0 Å². The minimum atomic E-state index is -0.848. The molecule has 0 saturated heterocycles. The third-order valence-electron chi connectivity index (χ3n) is 1.67. The quantitative estimate of drug-likeness (QED) is 0.657. The van der Waals surface area contributed by atoms with E-state index in [9.17, 15) is 4.79 Å². The van der Waals surface area contributed by atoms with Crippen molar-refractivity contribution in [3.8, 4) is 0 Å². The number of rotatable bonds is 2. The molecule has 2 N–H and O–H groups in total. The number of nitrogens with one attached hydrogen (secondary N) is 1. The number of hydrogen-bond donors (Lipinski definition) is 2. The second-order valence-electron chi connectivity index (χ2n) is 2.49. The predicted molar refractivity (Wildman–Crippen MR) is 39.4 cm³/mol. The molecule has 4 heteroatoms. The van der Waals surface area contributed by atoms with E-state index in [1.807, 2.05) is 13.8 Å². The topological polar surface area (TPSA) is 66.0 Å². The minimum Gasteiger partial charge on any atom is -0.481 e. The van der Waals surface area contributed by atoms with E-state index < -0.39 is 5.97 Å². The second kappa shape index (κ2) is 2.74. The zero-order chi connectivity index (χ0) is 8.43. The van der Waals surface area contributed by atoms with Crippen LogP contribution in [0.15, 0.2) is 0 Å². The Hall–Kier alpha value is -1.32. The normalized spacial score (nSPS) is 10.0. The third-order valence-corrected chi connectivity index (χ3v) is 1.67. The Labute approximate surface area is 64.2 Å². The van der Waals surface area contributed by atoms with Crippen LogP contribution in [-0.2, 0) is 11.2 Å². The molecule has 0 aliphatic heterocycles. The van der Waals surface area contributed by atoms with Gasteiger partial charge in [0.2, 0.25) is 0 Å². The summed E-state index contributed by atoms with van der Waals surface area (Å²) >= 11 is 0. The number of H-pyrrole nitrogens is 1. The average Bonchev–Trinajstić information content (AvgIpc) is 2.18. The largest absolute Gasteiger partial charge is 0.481 e. The van der Waals surface area contributed by atoms with Gasteiger partial charge in [0.05, 0.1) is 12.1 Å². The van der Waals surface area contributed by atoms with Crippen LogP contribution < -0.4 is 0 Å². The first-order chi connectivity index (χ1) is 5.11. The summed E-state index contributed by atoms with van der Waals surface area (Å²) in [5, 5.41) is 15.0. The SMILES string of the molecule is Cc1[nH]nc(CC(=O)O)c1C. The van der Waals surface area contributed by atoms with Gasteiger partial charge in [-0.05, 0) is 19.4 Å². The first kappa shape index (κ1) is 7.78. The van der Waals surface area contributed by atoms with E-state index >= 15 is 0 Å². The number of aromatic amines is 1. The Morgan fingerprint density at radius 3 is 2.64 bits per heavy atom. The number of aromatic nitrogens is 2. The Bertz CT molecular complexity index is 278. The van der Waals surface area contributed by atoms with Crippen LogP contribution in [0.2, 0.25) is 0 Å². The molecule has 0 saturated carbocycles. The summed E-state index contributed by atoms with van der Waals surface area (Å²) in [6, 6.07) is 0. The molecule has 1 rings (SSSR count). The maximum atomic E-state index is 10.3. The molecule has 0 spiro atoms. The van der Waals surface area contributed by atoms with Gasteiger partial charge in [-0.1, -0.05) is 0 Å². The van der Waals surface area contributed by atoms with Crippen LogP contribution in [0.3, 0.4) is 0 Å². The van der Waals surface area contributed by atoms with E-state index in [1.165, 1.54) is 0 Å². The van der Waals surface area contributed by atoms with Crippen LogP contribution in [-0.4, -0.2) is 21.3 Å². The van der Waals surface area contributed by atoms with Crippen molar-refractivity contribution < 1.29 is 9.90 Å². The van der Waals surface area contributed by atoms with Crippen molar-refractivity contribution in [3.05, 3.63) is 17.0 Å². The number of carbonyl (C=O) groups is 1. The first-order valence-corrected chi connectivity index (χ1v) is 3.33. The molecule has 1 heterocycles. The Morgan fingerprint density at radius 1 is 1.64 bits per heavy atom. The van der Waals surface area contributed by atoms with Crippen molar-refractivity contribution in [2.24, 2.45) is 0 Å². The summed E-state index contributed by atoms with van der Waals surface area (Å²) in [5.74, 6) is -0.848. The van der Waals surface area contributed by atoms with Gasteiger partial charge in [-0.15, -0.1) is 0 Å². The van der Waals surface area contributed by atoms with Crippen LogP contribution in [0.1, 0.15) is 17.0 Å². The maximum Gasteiger partial charge on any atom is 0.309 e. The Balaban J connectivity index is 2.87. The summed E-state index contributed by atoms with van der Waals surface area (Å²) in [6.45, 7) is 3.73. The number of hydrogen-bond acceptors (Lipinski definition) is 2. The highest BCUT2D eigenvalue weighted by Gasteiger charge is 2.08. The molecule has 0 unspecified atom stereocenters. The van der Waals surface area contributed by atoms with E-state index in [-0.39, 0.29) is 6.42 Å². The van der Waals surface area contributed by atoms with Crippen LogP contribution in [0.25, 0.3) is 0 Å². The summed E-state index contributed by atoms with van der Waals surface area (Å²) in [7, 11) is 0. The number of aliphatic carboxylic acids is 1. The highest BCUT2D eigenvalue weighted by Crippen LogP contribution is 2.08. The molecule has 1 aromatic rings. The zero-order valence-electron chi connectivity index (χ0n) is 6.51. The van der Waals surface area contributed by atoms with Gasteiger partial charge in [-0.3, -0.25) is 9.89 Å². The Kier molecular flexibility index (Phi) is 1.94. The highest BCUT2D eigenvalue weighted by molar-refractivity contribution is 5.70. The number of carboxylic acids is 1. The highest BCUT2D eigenvalue weighted by atomic mass is 16.4. The molecule has 0 radical (unpaired) electrons. The lowest BCUT2D eigenvalue weighted by atomic mass is 10.2. The second-order valence-corrected chi connectivity index (χ2v) is 2.49. The van der Waals surface area contributed by atoms with Crippen LogP contribution in [0, 0.1) is 13.8 Å². The van der Waals surface area contributed by atoms with E-state index in [4.69, 9.17) is 5.11 Å². The summed E-state index contributed by atoms with van der Waals surface area (Å²) in [4.78, 5) is 10.3. The van der Waals surface area contributed by atoms with E-state index in [2.05, 4.69) is 10.2 Å². The molecular weight excluding hydrogens is 144 g/mol. The molecule has 0 aliphatic carbocycles. The zero-order valence-corrected chi connectivity index (χ0v) is 6.51. The van der Waals surface area contributed by atoms with E-state index in [1.54, 1.807) is 0 Å². The van der Waals surface area contributed by atoms with Crippen molar-refractivity contribution in [1.82, 2.24) is 10.2 Å². The molecule has 0 bridgehead atoms. The number of carboxylic acid groups (broad SMARTS) is 1. The lowest BCUT2D eigenvalue weighted by Crippen LogP contribution is -2.01. The molecule has 0 amide bonds. The monoisotopic (exact) mass is 154 g/mol. The molecular formula is C7H10N2O2. The van der Waals surface area contributed by atoms with Crippen molar-refractivity contribution in [2.45, 2.75) is 20.3 Å². The lowest BCUT2D eigenvalue weighted by Gasteiger charge is -1.91. The van der Waals surface area contributed by atoms with E-state index in [0.29, 0.717) is 5.69 Å². The van der Waals surface area contributed by atoms with Crippen LogP contribution in [0.4, 0.5) is 0 Å². The number of nitrogens with zero attached hydrogens (tertiary/aromatic N) is 1. The smallest absolute Gasteiger partial charge is 0.309 e. The van der Waals surface area contributed by atoms with Gasteiger partial charge in [0.25, 0.3) is 0 Å². The molecule has 0 fully saturated rings. The third kappa shape index (κ3) is 1.58. The molecule has 60 valence electrons. The van der Waals surface area contributed by atoms with Crippen LogP contribution >= 0.6 is 0 Å². The van der Waals surface area contributed by atoms with Crippen molar-refractivity contribution >= 4 is 5.97 Å². The van der Waals surface area contributed by atoms with Gasteiger partial charge in [-0.2, -0.15) is 5.10 Å². The minimum absolute atomic E-state index is 0.00380. The fraction of sp³-hybridized carbons (Fsp3) is 0.429. The van der Waals surface area contributed by atoms with Crippen molar-refractivity contribution in [3.63, 3.8) is 0 Å².